The van der Waals surface area contributed by atoms with Crippen molar-refractivity contribution in [1.82, 2.24) is 10.3 Å². The van der Waals surface area contributed by atoms with Crippen molar-refractivity contribution in [2.24, 2.45) is 0 Å². The summed E-state index contributed by atoms with van der Waals surface area (Å²) in [6, 6.07) is 12.1. The molecule has 0 aliphatic rings. The van der Waals surface area contributed by atoms with Crippen molar-refractivity contribution < 1.29 is 0 Å². The number of halogens is 1. The summed E-state index contributed by atoms with van der Waals surface area (Å²) < 4.78 is 0. The van der Waals surface area contributed by atoms with Gasteiger partial charge in [0.25, 0.3) is 0 Å². The molecule has 0 bridgehead atoms. The molecule has 0 aliphatic heterocycles. The first-order valence-corrected chi connectivity index (χ1v) is 5.99. The fraction of sp³-hybridized carbons (Fsp3) is 0.214. The molecule has 0 radical (unpaired) electrons. The zero-order valence-electron chi connectivity index (χ0n) is 9.78. The minimum absolute atomic E-state index is 0.770. The van der Waals surface area contributed by atoms with Crippen molar-refractivity contribution >= 4 is 11.6 Å². The molecule has 0 amide bonds. The van der Waals surface area contributed by atoms with Gasteiger partial charge in [-0.05, 0) is 36.2 Å². The van der Waals surface area contributed by atoms with E-state index in [1.165, 1.54) is 5.56 Å². The maximum Gasteiger partial charge on any atom is 0.0541 e. The summed E-state index contributed by atoms with van der Waals surface area (Å²) in [5, 5.41) is 4.16. The van der Waals surface area contributed by atoms with Gasteiger partial charge in [-0.2, -0.15) is 0 Å². The van der Waals surface area contributed by atoms with Crippen LogP contribution in [-0.2, 0) is 13.1 Å². The van der Waals surface area contributed by atoms with Crippen LogP contribution in [0.25, 0.3) is 0 Å². The van der Waals surface area contributed by atoms with E-state index in [9.17, 15) is 0 Å². The predicted octanol–water partition coefficient (Wildman–Crippen LogP) is 3.33. The molecule has 0 atom stereocenters. The fourth-order valence-electron chi connectivity index (χ4n) is 1.58. The van der Waals surface area contributed by atoms with Gasteiger partial charge in [0.1, 0.15) is 0 Å². The highest BCUT2D eigenvalue weighted by Gasteiger charge is 1.98. The molecule has 0 fully saturated rings. The zero-order valence-corrected chi connectivity index (χ0v) is 10.5. The van der Waals surface area contributed by atoms with Crippen LogP contribution in [0.5, 0.6) is 0 Å². The highest BCUT2D eigenvalue weighted by molar-refractivity contribution is 6.31. The maximum atomic E-state index is 6.07. The molecule has 3 heteroatoms. The Kier molecular flexibility index (Phi) is 4.13. The Morgan fingerprint density at radius 1 is 1.18 bits per heavy atom. The Labute approximate surface area is 107 Å². The Bertz CT molecular complexity index is 483. The molecule has 2 rings (SSSR count). The van der Waals surface area contributed by atoms with Gasteiger partial charge in [-0.1, -0.05) is 29.8 Å². The van der Waals surface area contributed by atoms with Crippen molar-refractivity contribution in [2.45, 2.75) is 20.0 Å². The first kappa shape index (κ1) is 12.1. The molecule has 1 N–H and O–H groups in total. The number of rotatable bonds is 4. The summed E-state index contributed by atoms with van der Waals surface area (Å²) in [5.74, 6) is 0. The van der Waals surface area contributed by atoms with Gasteiger partial charge < -0.3 is 5.32 Å². The molecule has 0 unspecified atom stereocenters. The zero-order chi connectivity index (χ0) is 12.1. The molecule has 2 nitrogen and oxygen atoms in total. The van der Waals surface area contributed by atoms with E-state index >= 15 is 0 Å². The number of aromatic nitrogens is 1. The SMILES string of the molecule is Cc1ccc(CNCc2ccccn2)cc1Cl. The van der Waals surface area contributed by atoms with Crippen molar-refractivity contribution in [1.29, 1.82) is 0 Å². The number of benzene rings is 1. The van der Waals surface area contributed by atoms with Gasteiger partial charge in [0.2, 0.25) is 0 Å². The highest BCUT2D eigenvalue weighted by atomic mass is 35.5. The summed E-state index contributed by atoms with van der Waals surface area (Å²) in [4.78, 5) is 4.25. The van der Waals surface area contributed by atoms with E-state index in [-0.39, 0.29) is 0 Å². The third kappa shape index (κ3) is 3.55. The quantitative estimate of drug-likeness (QED) is 0.895. The molecule has 0 saturated heterocycles. The molecule has 17 heavy (non-hydrogen) atoms. The van der Waals surface area contributed by atoms with Crippen LogP contribution in [0.15, 0.2) is 42.6 Å². The van der Waals surface area contributed by atoms with Gasteiger partial charge in [0.15, 0.2) is 0 Å². The standard InChI is InChI=1S/C14H15ClN2/c1-11-5-6-12(8-14(11)15)9-16-10-13-4-2-3-7-17-13/h2-8,16H,9-10H2,1H3. The number of hydrogen-bond acceptors (Lipinski definition) is 2. The number of nitrogens with zero attached hydrogens (tertiary/aromatic N) is 1. The highest BCUT2D eigenvalue weighted by Crippen LogP contribution is 2.16. The van der Waals surface area contributed by atoms with Crippen LogP contribution in [0.3, 0.4) is 0 Å². The summed E-state index contributed by atoms with van der Waals surface area (Å²) in [6.45, 7) is 3.58. The van der Waals surface area contributed by atoms with Crippen LogP contribution in [0.2, 0.25) is 5.02 Å². The van der Waals surface area contributed by atoms with Crippen LogP contribution in [0.4, 0.5) is 0 Å². The van der Waals surface area contributed by atoms with Crippen LogP contribution in [-0.4, -0.2) is 4.98 Å². The summed E-state index contributed by atoms with van der Waals surface area (Å²) in [5.41, 5.74) is 3.35. The molecule has 0 aliphatic carbocycles. The molecule has 1 aromatic carbocycles. The smallest absolute Gasteiger partial charge is 0.0541 e. The molecular weight excluding hydrogens is 232 g/mol. The first-order chi connectivity index (χ1) is 8.25. The van der Waals surface area contributed by atoms with Crippen molar-refractivity contribution in [3.63, 3.8) is 0 Å². The maximum absolute atomic E-state index is 6.07. The average molecular weight is 247 g/mol. The Balaban J connectivity index is 1.88. The lowest BCUT2D eigenvalue weighted by atomic mass is 10.1. The second-order valence-electron chi connectivity index (χ2n) is 4.01. The van der Waals surface area contributed by atoms with Crippen LogP contribution >= 0.6 is 11.6 Å². The topological polar surface area (TPSA) is 24.9 Å². The van der Waals surface area contributed by atoms with E-state index < -0.39 is 0 Å². The third-order valence-electron chi connectivity index (χ3n) is 2.60. The molecule has 0 spiro atoms. The van der Waals surface area contributed by atoms with Crippen LogP contribution in [0, 0.1) is 6.92 Å². The van der Waals surface area contributed by atoms with Gasteiger partial charge in [-0.3, -0.25) is 4.98 Å². The molecule has 1 aromatic heterocycles. The van der Waals surface area contributed by atoms with E-state index in [0.717, 1.165) is 29.4 Å². The fourth-order valence-corrected chi connectivity index (χ4v) is 1.79. The summed E-state index contributed by atoms with van der Waals surface area (Å²) >= 11 is 6.07. The second kappa shape index (κ2) is 5.80. The minimum atomic E-state index is 0.770. The number of nitrogens with one attached hydrogen (secondary N) is 1. The molecule has 1 heterocycles. The Morgan fingerprint density at radius 3 is 2.76 bits per heavy atom. The van der Waals surface area contributed by atoms with Crippen LogP contribution < -0.4 is 5.32 Å². The minimum Gasteiger partial charge on any atom is -0.307 e. The number of aryl methyl sites for hydroxylation is 1. The largest absolute Gasteiger partial charge is 0.307 e. The summed E-state index contributed by atoms with van der Waals surface area (Å²) in [7, 11) is 0. The van der Waals surface area contributed by atoms with Gasteiger partial charge in [0.05, 0.1) is 5.69 Å². The van der Waals surface area contributed by atoms with Gasteiger partial charge in [-0.25, -0.2) is 0 Å². The second-order valence-corrected chi connectivity index (χ2v) is 4.42. The lowest BCUT2D eigenvalue weighted by Crippen LogP contribution is -2.13. The third-order valence-corrected chi connectivity index (χ3v) is 3.00. The Hall–Kier alpha value is -1.38. The van der Waals surface area contributed by atoms with Crippen molar-refractivity contribution in [2.75, 3.05) is 0 Å². The van der Waals surface area contributed by atoms with Gasteiger partial charge in [0, 0.05) is 24.3 Å². The Morgan fingerprint density at radius 2 is 2.06 bits per heavy atom. The lowest BCUT2D eigenvalue weighted by Gasteiger charge is -2.06. The first-order valence-electron chi connectivity index (χ1n) is 5.61. The average Bonchev–Trinajstić information content (AvgIpc) is 2.35. The predicted molar refractivity (Wildman–Crippen MR) is 71.0 cm³/mol. The number of hydrogen-bond donors (Lipinski definition) is 1. The van der Waals surface area contributed by atoms with E-state index in [1.54, 1.807) is 6.20 Å². The van der Waals surface area contributed by atoms with Gasteiger partial charge >= 0.3 is 0 Å². The normalized spacial score (nSPS) is 10.5. The van der Waals surface area contributed by atoms with E-state index in [4.69, 9.17) is 11.6 Å². The van der Waals surface area contributed by atoms with Gasteiger partial charge in [-0.15, -0.1) is 0 Å². The number of pyridine rings is 1. The summed E-state index contributed by atoms with van der Waals surface area (Å²) in [6.07, 6.45) is 1.81. The van der Waals surface area contributed by atoms with Crippen molar-refractivity contribution in [3.8, 4) is 0 Å². The van der Waals surface area contributed by atoms with E-state index in [1.807, 2.05) is 37.3 Å². The molecule has 88 valence electrons. The van der Waals surface area contributed by atoms with Crippen LogP contribution in [0.1, 0.15) is 16.8 Å². The van der Waals surface area contributed by atoms with Crippen molar-refractivity contribution in [3.05, 3.63) is 64.4 Å². The molecule has 2 aromatic rings. The monoisotopic (exact) mass is 246 g/mol. The molecule has 0 saturated carbocycles. The van der Waals surface area contributed by atoms with E-state index in [0.29, 0.717) is 0 Å². The van der Waals surface area contributed by atoms with E-state index in [2.05, 4.69) is 16.4 Å². The lowest BCUT2D eigenvalue weighted by molar-refractivity contribution is 0.679. The molecular formula is C14H15ClN2.